The molecule has 2 heterocycles. The lowest BCUT2D eigenvalue weighted by molar-refractivity contribution is -0.121. The summed E-state index contributed by atoms with van der Waals surface area (Å²) >= 11 is 1.55. The summed E-state index contributed by atoms with van der Waals surface area (Å²) in [5, 5.41) is 14.0. The Balaban J connectivity index is 1.65. The molecule has 0 spiro atoms. The number of carboxylic acids is 1. The van der Waals surface area contributed by atoms with Gasteiger partial charge in [-0.2, -0.15) is 0 Å². The molecule has 1 amide bonds. The zero-order valence-corrected chi connectivity index (χ0v) is 15.4. The van der Waals surface area contributed by atoms with E-state index in [1.165, 1.54) is 16.7 Å². The molecule has 1 fully saturated rings. The van der Waals surface area contributed by atoms with E-state index >= 15 is 0 Å². The molecule has 7 nitrogen and oxygen atoms in total. The summed E-state index contributed by atoms with van der Waals surface area (Å²) in [5.41, 5.74) is 0.972. The van der Waals surface area contributed by atoms with Crippen molar-refractivity contribution in [2.24, 2.45) is 5.92 Å². The van der Waals surface area contributed by atoms with Crippen LogP contribution in [0.4, 0.5) is 0 Å². The van der Waals surface area contributed by atoms with Gasteiger partial charge in [-0.3, -0.25) is 13.9 Å². The Bertz CT molecular complexity index is 1060. The Morgan fingerprint density at radius 1 is 1.19 bits per heavy atom. The monoisotopic (exact) mass is 385 g/mol. The molecule has 0 unspecified atom stereocenters. The predicted octanol–water partition coefficient (Wildman–Crippen LogP) is 2.29. The van der Waals surface area contributed by atoms with E-state index in [9.17, 15) is 19.5 Å². The largest absolute Gasteiger partial charge is 0.478 e. The molecule has 2 aromatic heterocycles. The number of imidazole rings is 1. The SMILES string of the molecule is O=C(Cn1c(=O)n(CC2CC2)c2ccc(C(=O)O)cc21)NCc1cccs1. The number of rotatable bonds is 7. The van der Waals surface area contributed by atoms with Crippen LogP contribution >= 0.6 is 11.3 Å². The van der Waals surface area contributed by atoms with E-state index in [4.69, 9.17) is 0 Å². The van der Waals surface area contributed by atoms with Gasteiger partial charge in [-0.25, -0.2) is 9.59 Å². The van der Waals surface area contributed by atoms with E-state index < -0.39 is 5.97 Å². The average molecular weight is 385 g/mol. The van der Waals surface area contributed by atoms with Crippen LogP contribution in [0.15, 0.2) is 40.5 Å². The van der Waals surface area contributed by atoms with Crippen LogP contribution in [0.3, 0.4) is 0 Å². The predicted molar refractivity (Wildman–Crippen MR) is 102 cm³/mol. The summed E-state index contributed by atoms with van der Waals surface area (Å²) < 4.78 is 3.03. The van der Waals surface area contributed by atoms with E-state index in [2.05, 4.69) is 5.32 Å². The van der Waals surface area contributed by atoms with Crippen molar-refractivity contribution >= 4 is 34.2 Å². The third-order valence-electron chi connectivity index (χ3n) is 4.75. The molecule has 2 N–H and O–H groups in total. The number of nitrogens with zero attached hydrogens (tertiary/aromatic N) is 2. The Kier molecular flexibility index (Phi) is 4.57. The van der Waals surface area contributed by atoms with Crippen LogP contribution in [0.5, 0.6) is 0 Å². The molecule has 0 radical (unpaired) electrons. The van der Waals surface area contributed by atoms with Crippen LogP contribution in [0.2, 0.25) is 0 Å². The number of aromatic carboxylic acids is 1. The normalized spacial score (nSPS) is 13.8. The Morgan fingerprint density at radius 3 is 2.67 bits per heavy atom. The maximum atomic E-state index is 12.9. The molecule has 1 aliphatic rings. The van der Waals surface area contributed by atoms with Crippen molar-refractivity contribution in [3.63, 3.8) is 0 Å². The smallest absolute Gasteiger partial charge is 0.335 e. The summed E-state index contributed by atoms with van der Waals surface area (Å²) in [6.45, 7) is 0.874. The highest BCUT2D eigenvalue weighted by molar-refractivity contribution is 7.09. The fourth-order valence-electron chi connectivity index (χ4n) is 3.14. The molecule has 0 atom stereocenters. The summed E-state index contributed by atoms with van der Waals surface area (Å²) in [7, 11) is 0. The Hall–Kier alpha value is -2.87. The Morgan fingerprint density at radius 2 is 2.00 bits per heavy atom. The van der Waals surface area contributed by atoms with Crippen molar-refractivity contribution in [3.8, 4) is 0 Å². The van der Waals surface area contributed by atoms with Crippen molar-refractivity contribution in [1.82, 2.24) is 14.5 Å². The van der Waals surface area contributed by atoms with Gasteiger partial charge in [0.05, 0.1) is 23.1 Å². The first-order valence-corrected chi connectivity index (χ1v) is 9.66. The number of nitrogens with one attached hydrogen (secondary N) is 1. The van der Waals surface area contributed by atoms with Gasteiger partial charge in [0.2, 0.25) is 5.91 Å². The summed E-state index contributed by atoms with van der Waals surface area (Å²) in [6, 6.07) is 8.46. The van der Waals surface area contributed by atoms with E-state index in [1.807, 2.05) is 17.5 Å². The van der Waals surface area contributed by atoms with E-state index in [0.717, 1.165) is 17.7 Å². The molecule has 4 rings (SSSR count). The second-order valence-corrected chi connectivity index (χ2v) is 7.82. The van der Waals surface area contributed by atoms with Gasteiger partial charge >= 0.3 is 11.7 Å². The van der Waals surface area contributed by atoms with Gasteiger partial charge in [-0.15, -0.1) is 11.3 Å². The number of hydrogen-bond acceptors (Lipinski definition) is 4. The van der Waals surface area contributed by atoms with Gasteiger partial charge in [-0.05, 0) is 48.4 Å². The highest BCUT2D eigenvalue weighted by atomic mass is 32.1. The van der Waals surface area contributed by atoms with Crippen LogP contribution in [-0.2, 0) is 24.4 Å². The second kappa shape index (κ2) is 7.03. The molecule has 0 saturated heterocycles. The van der Waals surface area contributed by atoms with Crippen LogP contribution < -0.4 is 11.0 Å². The first kappa shape index (κ1) is 17.5. The zero-order chi connectivity index (χ0) is 19.0. The molecule has 8 heteroatoms. The molecule has 1 aliphatic carbocycles. The minimum absolute atomic E-state index is 0.0961. The Labute approximate surface area is 158 Å². The number of thiophene rings is 1. The number of hydrogen-bond donors (Lipinski definition) is 2. The van der Waals surface area contributed by atoms with Gasteiger partial charge in [0.25, 0.3) is 0 Å². The number of carbonyl (C=O) groups is 2. The van der Waals surface area contributed by atoms with E-state index in [0.29, 0.717) is 30.0 Å². The van der Waals surface area contributed by atoms with Crippen molar-refractivity contribution in [3.05, 3.63) is 56.6 Å². The van der Waals surface area contributed by atoms with Crippen molar-refractivity contribution < 1.29 is 14.7 Å². The minimum Gasteiger partial charge on any atom is -0.478 e. The third-order valence-corrected chi connectivity index (χ3v) is 5.62. The molecule has 3 aromatic rings. The molecule has 0 aliphatic heterocycles. The number of amides is 1. The van der Waals surface area contributed by atoms with Gasteiger partial charge in [0, 0.05) is 11.4 Å². The minimum atomic E-state index is -1.06. The maximum Gasteiger partial charge on any atom is 0.335 e. The number of aromatic nitrogens is 2. The summed E-state index contributed by atoms with van der Waals surface area (Å²) in [4.78, 5) is 37.6. The van der Waals surface area contributed by atoms with E-state index in [1.54, 1.807) is 22.0 Å². The average Bonchev–Trinajstić information content (AvgIpc) is 3.25. The maximum absolute atomic E-state index is 12.9. The number of fused-ring (bicyclic) bond motifs is 1. The third kappa shape index (κ3) is 3.66. The molecule has 0 bridgehead atoms. The topological polar surface area (TPSA) is 93.3 Å². The second-order valence-electron chi connectivity index (χ2n) is 6.79. The van der Waals surface area contributed by atoms with Crippen LogP contribution in [0.25, 0.3) is 11.0 Å². The first-order valence-electron chi connectivity index (χ1n) is 8.78. The fourth-order valence-corrected chi connectivity index (χ4v) is 3.78. The molecule has 27 heavy (non-hydrogen) atoms. The van der Waals surface area contributed by atoms with Crippen LogP contribution in [0, 0.1) is 5.92 Å². The summed E-state index contributed by atoms with van der Waals surface area (Å²) in [5.74, 6) is -0.863. The fraction of sp³-hybridized carbons (Fsp3) is 0.316. The van der Waals surface area contributed by atoms with Crippen molar-refractivity contribution in [2.75, 3.05) is 0 Å². The highest BCUT2D eigenvalue weighted by Gasteiger charge is 2.25. The molecular formula is C19H19N3O4S. The van der Waals surface area contributed by atoms with Gasteiger partial charge in [0.1, 0.15) is 6.54 Å². The molecule has 1 saturated carbocycles. The summed E-state index contributed by atoms with van der Waals surface area (Å²) in [6.07, 6.45) is 2.18. The lowest BCUT2D eigenvalue weighted by atomic mass is 10.2. The zero-order valence-electron chi connectivity index (χ0n) is 14.6. The highest BCUT2D eigenvalue weighted by Crippen LogP contribution is 2.31. The van der Waals surface area contributed by atoms with Gasteiger partial charge in [-0.1, -0.05) is 6.07 Å². The lowest BCUT2D eigenvalue weighted by Crippen LogP contribution is -2.33. The van der Waals surface area contributed by atoms with Crippen molar-refractivity contribution in [2.45, 2.75) is 32.5 Å². The molecule has 1 aromatic carbocycles. The number of carboxylic acid groups (broad SMARTS) is 1. The van der Waals surface area contributed by atoms with Crippen molar-refractivity contribution in [1.29, 1.82) is 0 Å². The molecule has 140 valence electrons. The lowest BCUT2D eigenvalue weighted by Gasteiger charge is -2.05. The number of carbonyl (C=O) groups excluding carboxylic acids is 1. The van der Waals surface area contributed by atoms with Gasteiger partial charge < -0.3 is 10.4 Å². The number of benzene rings is 1. The van der Waals surface area contributed by atoms with Crippen LogP contribution in [-0.4, -0.2) is 26.1 Å². The van der Waals surface area contributed by atoms with E-state index in [-0.39, 0.29) is 23.7 Å². The standard InChI is InChI=1S/C19H19N3O4S/c23-17(20-9-14-2-1-7-27-14)11-22-16-8-13(18(24)25)5-6-15(16)21(19(22)26)10-12-3-4-12/h1-2,5-8,12H,3-4,9-11H2,(H,20,23)(H,24,25). The van der Waals surface area contributed by atoms with Crippen LogP contribution in [0.1, 0.15) is 28.1 Å². The molecular weight excluding hydrogens is 366 g/mol. The van der Waals surface area contributed by atoms with Gasteiger partial charge in [0.15, 0.2) is 0 Å². The quantitative estimate of drug-likeness (QED) is 0.653. The first-order chi connectivity index (χ1) is 13.0.